The van der Waals surface area contributed by atoms with Gasteiger partial charge in [-0.2, -0.15) is 11.3 Å². The van der Waals surface area contributed by atoms with E-state index in [0.29, 0.717) is 0 Å². The number of fused-ring (bicyclic) bond motifs is 1. The first kappa shape index (κ1) is 8.40. The van der Waals surface area contributed by atoms with Crippen LogP contribution < -0.4 is 0 Å². The predicted molar refractivity (Wildman–Crippen MR) is 49.0 cm³/mol. The minimum absolute atomic E-state index is 0.125. The summed E-state index contributed by atoms with van der Waals surface area (Å²) < 4.78 is 5.07. The molecule has 0 radical (unpaired) electrons. The Balaban J connectivity index is 2.45. The molecule has 1 aromatic rings. The second-order valence-electron chi connectivity index (χ2n) is 2.72. The quantitative estimate of drug-likeness (QED) is 0.538. The van der Waals surface area contributed by atoms with Crippen molar-refractivity contribution in [3.63, 3.8) is 0 Å². The minimum atomic E-state index is -0.490. The fraction of sp³-hybridized carbons (Fsp3) is 0.250. The number of nitrogens with zero attached hydrogens (tertiary/aromatic N) is 1. The van der Waals surface area contributed by atoms with Crippen LogP contribution in [0, 0.1) is 10.1 Å². The highest BCUT2D eigenvalue weighted by atomic mass is 32.1. The smallest absolute Gasteiger partial charge is 0.279 e. The Morgan fingerprint density at radius 1 is 1.62 bits per heavy atom. The van der Waals surface area contributed by atoms with Crippen molar-refractivity contribution in [1.29, 1.82) is 0 Å². The highest BCUT2D eigenvalue weighted by Gasteiger charge is 2.34. The van der Waals surface area contributed by atoms with Crippen molar-refractivity contribution in [2.24, 2.45) is 0 Å². The normalized spacial score (nSPS) is 19.8. The molecule has 68 valence electrons. The molecule has 0 saturated carbocycles. The average molecular weight is 197 g/mol. The molecule has 0 spiro atoms. The molecule has 0 saturated heterocycles. The molecule has 1 aliphatic carbocycles. The summed E-state index contributed by atoms with van der Waals surface area (Å²) in [6.45, 7) is 0. The second-order valence-corrected chi connectivity index (χ2v) is 3.47. The van der Waals surface area contributed by atoms with Crippen LogP contribution in [0.15, 0.2) is 16.5 Å². The molecular formula is C8H7NO3S. The fourth-order valence-corrected chi connectivity index (χ4v) is 2.26. The third-order valence-corrected chi connectivity index (χ3v) is 2.80. The van der Waals surface area contributed by atoms with Gasteiger partial charge in [-0.3, -0.25) is 10.1 Å². The third-order valence-electron chi connectivity index (χ3n) is 2.02. The second kappa shape index (κ2) is 2.93. The topological polar surface area (TPSA) is 52.4 Å². The van der Waals surface area contributed by atoms with E-state index < -0.39 is 11.0 Å². The van der Waals surface area contributed by atoms with Gasteiger partial charge < -0.3 is 4.74 Å². The van der Waals surface area contributed by atoms with E-state index in [4.69, 9.17) is 4.74 Å². The number of thiophene rings is 1. The first-order valence-corrected chi connectivity index (χ1v) is 4.63. The lowest BCUT2D eigenvalue weighted by Gasteiger charge is -2.06. The maximum Gasteiger partial charge on any atom is 0.279 e. The van der Waals surface area contributed by atoms with Crippen molar-refractivity contribution in [3.05, 3.63) is 37.7 Å². The Morgan fingerprint density at radius 2 is 2.38 bits per heavy atom. The van der Waals surface area contributed by atoms with Gasteiger partial charge in [0.25, 0.3) is 5.70 Å². The Kier molecular flexibility index (Phi) is 1.90. The van der Waals surface area contributed by atoms with Gasteiger partial charge in [-0.25, -0.2) is 0 Å². The van der Waals surface area contributed by atoms with E-state index in [1.807, 2.05) is 10.8 Å². The first-order chi connectivity index (χ1) is 6.24. The predicted octanol–water partition coefficient (Wildman–Crippen LogP) is 2.07. The number of hydrogen-bond donors (Lipinski definition) is 0. The van der Waals surface area contributed by atoms with E-state index in [2.05, 4.69) is 0 Å². The van der Waals surface area contributed by atoms with Crippen molar-refractivity contribution < 1.29 is 9.66 Å². The van der Waals surface area contributed by atoms with Crippen LogP contribution in [0.4, 0.5) is 0 Å². The van der Waals surface area contributed by atoms with Crippen LogP contribution in [0.3, 0.4) is 0 Å². The van der Waals surface area contributed by atoms with Crippen LogP contribution in [0.2, 0.25) is 0 Å². The number of nitro groups is 1. The van der Waals surface area contributed by atoms with Gasteiger partial charge >= 0.3 is 0 Å². The maximum absolute atomic E-state index is 10.6. The summed E-state index contributed by atoms with van der Waals surface area (Å²) in [6.07, 6.45) is 1.08. The number of ether oxygens (including phenoxy) is 1. The molecule has 13 heavy (non-hydrogen) atoms. The van der Waals surface area contributed by atoms with Crippen molar-refractivity contribution in [2.75, 3.05) is 7.11 Å². The summed E-state index contributed by atoms with van der Waals surface area (Å²) >= 11 is 1.53. The molecule has 2 rings (SSSR count). The van der Waals surface area contributed by atoms with Gasteiger partial charge in [-0.1, -0.05) is 0 Å². The van der Waals surface area contributed by atoms with Crippen molar-refractivity contribution >= 4 is 17.4 Å². The zero-order chi connectivity index (χ0) is 9.42. The van der Waals surface area contributed by atoms with E-state index in [1.54, 1.807) is 6.08 Å². The average Bonchev–Trinajstić information content (AvgIpc) is 2.60. The Hall–Kier alpha value is -1.20. The van der Waals surface area contributed by atoms with Crippen molar-refractivity contribution in [3.8, 4) is 0 Å². The van der Waals surface area contributed by atoms with Crippen LogP contribution in [-0.2, 0) is 4.74 Å². The van der Waals surface area contributed by atoms with Gasteiger partial charge in [-0.05, 0) is 16.3 Å². The van der Waals surface area contributed by atoms with Crippen LogP contribution in [0.25, 0.3) is 6.08 Å². The third kappa shape index (κ3) is 1.16. The van der Waals surface area contributed by atoms with Gasteiger partial charge in [0.15, 0.2) is 6.10 Å². The molecule has 1 aromatic heterocycles. The van der Waals surface area contributed by atoms with E-state index in [1.165, 1.54) is 18.4 Å². The maximum atomic E-state index is 10.6. The molecular weight excluding hydrogens is 190 g/mol. The molecule has 1 unspecified atom stereocenters. The van der Waals surface area contributed by atoms with Gasteiger partial charge in [0.2, 0.25) is 0 Å². The Labute approximate surface area is 78.6 Å². The SMILES string of the molecule is COC1C([N+](=O)[O-])=Cc2cscc21. The summed E-state index contributed by atoms with van der Waals surface area (Å²) in [7, 11) is 1.48. The Morgan fingerprint density at radius 3 is 3.00 bits per heavy atom. The monoisotopic (exact) mass is 197 g/mol. The van der Waals surface area contributed by atoms with E-state index in [9.17, 15) is 10.1 Å². The van der Waals surface area contributed by atoms with Crippen LogP contribution in [0.5, 0.6) is 0 Å². The molecule has 0 fully saturated rings. The number of hydrogen-bond acceptors (Lipinski definition) is 4. The summed E-state index contributed by atoms with van der Waals surface area (Å²) in [6, 6.07) is 0. The standard InChI is InChI=1S/C8H7NO3S/c1-12-8-6-4-13-3-5(6)2-7(8)9(10)11/h2-4,8H,1H3. The summed E-state index contributed by atoms with van der Waals surface area (Å²) in [4.78, 5) is 10.2. The van der Waals surface area contributed by atoms with Gasteiger partial charge in [-0.15, -0.1) is 0 Å². The molecule has 5 heteroatoms. The van der Waals surface area contributed by atoms with Gasteiger partial charge in [0.1, 0.15) is 0 Å². The summed E-state index contributed by atoms with van der Waals surface area (Å²) in [5.74, 6) is 0. The minimum Gasteiger partial charge on any atom is -0.365 e. The summed E-state index contributed by atoms with van der Waals surface area (Å²) in [5, 5.41) is 14.4. The molecule has 1 heterocycles. The molecule has 0 aromatic carbocycles. The van der Waals surface area contributed by atoms with E-state index in [-0.39, 0.29) is 5.70 Å². The van der Waals surface area contributed by atoms with Crippen LogP contribution in [0.1, 0.15) is 17.2 Å². The zero-order valence-electron chi connectivity index (χ0n) is 6.89. The largest absolute Gasteiger partial charge is 0.365 e. The van der Waals surface area contributed by atoms with Gasteiger partial charge in [0.05, 0.1) is 4.92 Å². The molecule has 1 atom stereocenters. The Bertz CT molecular complexity index is 382. The zero-order valence-corrected chi connectivity index (χ0v) is 7.71. The number of methoxy groups -OCH3 is 1. The number of rotatable bonds is 2. The van der Waals surface area contributed by atoms with E-state index >= 15 is 0 Å². The van der Waals surface area contributed by atoms with E-state index in [0.717, 1.165) is 11.1 Å². The lowest BCUT2D eigenvalue weighted by molar-refractivity contribution is -0.435. The lowest BCUT2D eigenvalue weighted by Crippen LogP contribution is -2.07. The molecule has 0 bridgehead atoms. The molecule has 0 aliphatic heterocycles. The highest BCUT2D eigenvalue weighted by molar-refractivity contribution is 7.08. The molecule has 4 nitrogen and oxygen atoms in total. The lowest BCUT2D eigenvalue weighted by atomic mass is 10.2. The molecule has 0 amide bonds. The highest BCUT2D eigenvalue weighted by Crippen LogP contribution is 2.38. The fourth-order valence-electron chi connectivity index (χ4n) is 1.44. The van der Waals surface area contributed by atoms with Crippen LogP contribution in [-0.4, -0.2) is 12.0 Å². The first-order valence-electron chi connectivity index (χ1n) is 3.69. The van der Waals surface area contributed by atoms with Gasteiger partial charge in [0, 0.05) is 18.7 Å². The summed E-state index contributed by atoms with van der Waals surface area (Å²) in [5.41, 5.74) is 1.93. The molecule has 1 aliphatic rings. The molecule has 0 N–H and O–H groups in total. The van der Waals surface area contributed by atoms with Crippen molar-refractivity contribution in [2.45, 2.75) is 6.10 Å². The van der Waals surface area contributed by atoms with Crippen LogP contribution >= 0.6 is 11.3 Å². The van der Waals surface area contributed by atoms with Crippen molar-refractivity contribution in [1.82, 2.24) is 0 Å².